The smallest absolute Gasteiger partial charge is 0.319 e. The molecule has 7 nitrogen and oxygen atoms in total. The minimum absolute atomic E-state index is 0.00955. The highest BCUT2D eigenvalue weighted by atomic mass is 16.5. The van der Waals surface area contributed by atoms with E-state index in [0.717, 1.165) is 38.0 Å². The van der Waals surface area contributed by atoms with Crippen molar-refractivity contribution in [2.24, 2.45) is 0 Å². The molecule has 1 saturated heterocycles. The average Bonchev–Trinajstić information content (AvgIpc) is 3.31. The second-order valence-electron chi connectivity index (χ2n) is 6.03. The Kier molecular flexibility index (Phi) is 5.33. The molecule has 0 saturated carbocycles. The van der Waals surface area contributed by atoms with Gasteiger partial charge < -0.3 is 20.1 Å². The summed E-state index contributed by atoms with van der Waals surface area (Å²) in [5.41, 5.74) is 2.02. The molecule has 1 aliphatic rings. The monoisotopic (exact) mass is 342 g/mol. The number of benzene rings is 1. The van der Waals surface area contributed by atoms with Gasteiger partial charge >= 0.3 is 6.03 Å². The summed E-state index contributed by atoms with van der Waals surface area (Å²) in [6, 6.07) is 8.44. The van der Waals surface area contributed by atoms with Crippen LogP contribution in [0.3, 0.4) is 0 Å². The Morgan fingerprint density at radius 3 is 2.76 bits per heavy atom. The molecule has 0 radical (unpaired) electrons. The maximum Gasteiger partial charge on any atom is 0.319 e. The van der Waals surface area contributed by atoms with E-state index in [1.165, 1.54) is 0 Å². The van der Waals surface area contributed by atoms with Gasteiger partial charge in [0.15, 0.2) is 5.76 Å². The summed E-state index contributed by atoms with van der Waals surface area (Å²) < 4.78 is 5.12. The van der Waals surface area contributed by atoms with E-state index in [4.69, 9.17) is 4.52 Å². The molecule has 0 spiro atoms. The number of aryl methyl sites for hydroxylation is 1. The fraction of sp³-hybridized carbons (Fsp3) is 0.389. The lowest BCUT2D eigenvalue weighted by Gasteiger charge is -2.15. The van der Waals surface area contributed by atoms with E-state index in [9.17, 15) is 9.59 Å². The van der Waals surface area contributed by atoms with Crippen molar-refractivity contribution in [2.45, 2.75) is 32.7 Å². The molecule has 1 aromatic heterocycles. The zero-order valence-electron chi connectivity index (χ0n) is 14.2. The predicted molar refractivity (Wildman–Crippen MR) is 93.3 cm³/mol. The third kappa shape index (κ3) is 4.37. The van der Waals surface area contributed by atoms with Crippen molar-refractivity contribution in [3.63, 3.8) is 0 Å². The van der Waals surface area contributed by atoms with Crippen LogP contribution in [0.4, 0.5) is 10.5 Å². The topological polar surface area (TPSA) is 87.5 Å². The Bertz CT molecular complexity index is 750. The molecular weight excluding hydrogens is 320 g/mol. The van der Waals surface area contributed by atoms with Crippen LogP contribution in [0.2, 0.25) is 0 Å². The largest absolute Gasteiger partial charge is 0.359 e. The first kappa shape index (κ1) is 17.0. The van der Waals surface area contributed by atoms with Gasteiger partial charge in [-0.15, -0.1) is 0 Å². The van der Waals surface area contributed by atoms with Crippen LogP contribution in [-0.4, -0.2) is 35.1 Å². The number of nitrogens with zero attached hydrogens (tertiary/aromatic N) is 2. The van der Waals surface area contributed by atoms with Gasteiger partial charge in [-0.05, 0) is 37.5 Å². The molecule has 2 aromatic rings. The summed E-state index contributed by atoms with van der Waals surface area (Å²) in [7, 11) is 0. The van der Waals surface area contributed by atoms with Crippen LogP contribution in [0, 0.1) is 0 Å². The van der Waals surface area contributed by atoms with E-state index in [1.807, 2.05) is 17.9 Å². The molecule has 7 heteroatoms. The van der Waals surface area contributed by atoms with Crippen molar-refractivity contribution in [3.05, 3.63) is 47.3 Å². The molecule has 25 heavy (non-hydrogen) atoms. The first-order valence-electron chi connectivity index (χ1n) is 8.54. The Balaban J connectivity index is 1.55. The summed E-state index contributed by atoms with van der Waals surface area (Å²) in [4.78, 5) is 26.3. The highest BCUT2D eigenvalue weighted by molar-refractivity contribution is 5.97. The van der Waals surface area contributed by atoms with E-state index in [1.54, 1.807) is 24.3 Å². The molecule has 1 aliphatic heterocycles. The first-order valence-corrected chi connectivity index (χ1v) is 8.54. The third-order valence-corrected chi connectivity index (χ3v) is 4.15. The van der Waals surface area contributed by atoms with Gasteiger partial charge in [0.2, 0.25) is 0 Å². The number of amides is 3. The molecule has 3 amide bonds. The summed E-state index contributed by atoms with van der Waals surface area (Å²) in [6.07, 6.45) is 2.88. The van der Waals surface area contributed by atoms with E-state index in [2.05, 4.69) is 15.8 Å². The summed E-state index contributed by atoms with van der Waals surface area (Å²) >= 11 is 0. The van der Waals surface area contributed by atoms with Crippen LogP contribution in [0.1, 0.15) is 41.6 Å². The molecule has 1 fully saturated rings. The lowest BCUT2D eigenvalue weighted by Crippen LogP contribution is -2.29. The molecule has 0 aliphatic carbocycles. The minimum Gasteiger partial charge on any atom is -0.359 e. The van der Waals surface area contributed by atoms with Crippen LogP contribution in [0.5, 0.6) is 0 Å². The maximum absolute atomic E-state index is 12.4. The van der Waals surface area contributed by atoms with Gasteiger partial charge in [-0.2, -0.15) is 0 Å². The second-order valence-corrected chi connectivity index (χ2v) is 6.03. The molecule has 0 unspecified atom stereocenters. The number of likely N-dealkylation sites (tertiary alicyclic amines) is 1. The average molecular weight is 342 g/mol. The highest BCUT2D eigenvalue weighted by Crippen LogP contribution is 2.16. The van der Waals surface area contributed by atoms with Crippen molar-refractivity contribution >= 4 is 17.6 Å². The lowest BCUT2D eigenvalue weighted by atomic mass is 10.2. The van der Waals surface area contributed by atoms with Gasteiger partial charge in [0, 0.05) is 30.4 Å². The Morgan fingerprint density at radius 2 is 2.04 bits per heavy atom. The number of nitrogens with one attached hydrogen (secondary N) is 2. The molecule has 3 rings (SSSR count). The number of aromatic nitrogens is 1. The molecule has 2 heterocycles. The highest BCUT2D eigenvalue weighted by Gasteiger charge is 2.19. The van der Waals surface area contributed by atoms with Gasteiger partial charge in [-0.1, -0.05) is 18.1 Å². The zero-order valence-corrected chi connectivity index (χ0v) is 14.2. The number of anilines is 1. The number of hydrogen-bond donors (Lipinski definition) is 2. The van der Waals surface area contributed by atoms with Crippen molar-refractivity contribution in [3.8, 4) is 0 Å². The molecule has 132 valence electrons. The number of carbonyl (C=O) groups excluding carboxylic acids is 2. The fourth-order valence-corrected chi connectivity index (χ4v) is 2.78. The lowest BCUT2D eigenvalue weighted by molar-refractivity contribution is 0.0793. The molecular formula is C18H22N4O3. The first-order chi connectivity index (χ1) is 12.2. The van der Waals surface area contributed by atoms with Crippen LogP contribution >= 0.6 is 0 Å². The SMILES string of the molecule is CCc1cc(CNC(=O)Nc2cccc(C(=O)N3CCCC3)c2)on1. The number of hydrogen-bond acceptors (Lipinski definition) is 4. The number of carbonyl (C=O) groups is 2. The van der Waals surface area contributed by atoms with Gasteiger partial charge in [0.25, 0.3) is 5.91 Å². The summed E-state index contributed by atoms with van der Waals surface area (Å²) in [5, 5.41) is 9.32. The predicted octanol–water partition coefficient (Wildman–Crippen LogP) is 2.79. The Labute approximate surface area is 146 Å². The van der Waals surface area contributed by atoms with Crippen LogP contribution < -0.4 is 10.6 Å². The van der Waals surface area contributed by atoms with Gasteiger partial charge in [-0.25, -0.2) is 4.79 Å². The third-order valence-electron chi connectivity index (χ3n) is 4.15. The molecule has 0 atom stereocenters. The Hall–Kier alpha value is -2.83. The Morgan fingerprint density at radius 1 is 1.24 bits per heavy atom. The van der Waals surface area contributed by atoms with E-state index < -0.39 is 0 Å². The van der Waals surface area contributed by atoms with E-state index in [0.29, 0.717) is 17.0 Å². The normalized spacial score (nSPS) is 13.7. The van der Waals surface area contributed by atoms with Gasteiger partial charge in [-0.3, -0.25) is 4.79 Å². The number of urea groups is 1. The minimum atomic E-state index is -0.361. The molecule has 0 bridgehead atoms. The maximum atomic E-state index is 12.4. The van der Waals surface area contributed by atoms with E-state index >= 15 is 0 Å². The zero-order chi connectivity index (χ0) is 17.6. The van der Waals surface area contributed by atoms with Crippen molar-refractivity contribution in [2.75, 3.05) is 18.4 Å². The van der Waals surface area contributed by atoms with Crippen molar-refractivity contribution in [1.29, 1.82) is 0 Å². The van der Waals surface area contributed by atoms with Gasteiger partial charge in [0.05, 0.1) is 12.2 Å². The fourth-order valence-electron chi connectivity index (χ4n) is 2.78. The number of rotatable bonds is 5. The van der Waals surface area contributed by atoms with Crippen LogP contribution in [0.25, 0.3) is 0 Å². The van der Waals surface area contributed by atoms with Gasteiger partial charge in [0.1, 0.15) is 0 Å². The van der Waals surface area contributed by atoms with Crippen LogP contribution in [-0.2, 0) is 13.0 Å². The van der Waals surface area contributed by atoms with Crippen molar-refractivity contribution in [1.82, 2.24) is 15.4 Å². The summed E-state index contributed by atoms with van der Waals surface area (Å²) in [5.74, 6) is 0.611. The van der Waals surface area contributed by atoms with Crippen molar-refractivity contribution < 1.29 is 14.1 Å². The quantitative estimate of drug-likeness (QED) is 0.874. The standard InChI is InChI=1S/C18H22N4O3/c1-2-14-11-16(25-21-14)12-19-18(24)20-15-7-5-6-13(10-15)17(23)22-8-3-4-9-22/h5-7,10-11H,2-4,8-9,12H2,1H3,(H2,19,20,24). The summed E-state index contributed by atoms with van der Waals surface area (Å²) in [6.45, 7) is 3.84. The van der Waals surface area contributed by atoms with Crippen LogP contribution in [0.15, 0.2) is 34.9 Å². The molecule has 1 aromatic carbocycles. The molecule has 2 N–H and O–H groups in total. The second kappa shape index (κ2) is 7.83. The van der Waals surface area contributed by atoms with E-state index in [-0.39, 0.29) is 18.5 Å².